The van der Waals surface area contributed by atoms with Gasteiger partial charge >= 0.3 is 0 Å². The molecule has 0 spiro atoms. The zero-order valence-electron chi connectivity index (χ0n) is 11.1. The zero-order chi connectivity index (χ0) is 15.0. The second-order valence-corrected chi connectivity index (χ2v) is 7.24. The number of halogens is 1. The molecule has 5 nitrogen and oxygen atoms in total. The minimum absolute atomic E-state index is 0.0103. The molecule has 1 N–H and O–H groups in total. The largest absolute Gasteiger partial charge is 0.505 e. The first kappa shape index (κ1) is 14.4. The molecule has 0 unspecified atom stereocenters. The highest BCUT2D eigenvalue weighted by molar-refractivity contribution is 7.89. The molecule has 1 aromatic carbocycles. The van der Waals surface area contributed by atoms with Gasteiger partial charge in [-0.3, -0.25) is 0 Å². The first-order chi connectivity index (χ1) is 9.98. The van der Waals surface area contributed by atoms with Gasteiger partial charge in [-0.05, 0) is 31.0 Å². The van der Waals surface area contributed by atoms with Crippen LogP contribution in [-0.4, -0.2) is 30.9 Å². The van der Waals surface area contributed by atoms with Gasteiger partial charge in [-0.1, -0.05) is 11.6 Å². The van der Waals surface area contributed by atoms with E-state index < -0.39 is 10.0 Å². The van der Waals surface area contributed by atoms with Crippen molar-refractivity contribution in [3.05, 3.63) is 35.6 Å². The molecule has 1 aliphatic rings. The maximum atomic E-state index is 12.6. The third-order valence-electron chi connectivity index (χ3n) is 3.48. The molecule has 112 valence electrons. The summed E-state index contributed by atoms with van der Waals surface area (Å²) >= 11 is 6.07. The monoisotopic (exact) mass is 327 g/mol. The molecule has 3 rings (SSSR count). The topological polar surface area (TPSA) is 70.8 Å². The number of rotatable bonds is 3. The second kappa shape index (κ2) is 5.36. The Hall–Kier alpha value is -1.50. The van der Waals surface area contributed by atoms with Crippen molar-refractivity contribution >= 4 is 21.6 Å². The van der Waals surface area contributed by atoms with Crippen LogP contribution in [0.4, 0.5) is 0 Å². The van der Waals surface area contributed by atoms with Gasteiger partial charge in [0.05, 0.1) is 5.02 Å². The highest BCUT2D eigenvalue weighted by Gasteiger charge is 2.29. The molecule has 0 atom stereocenters. The summed E-state index contributed by atoms with van der Waals surface area (Å²) in [4.78, 5) is 0.0689. The Bertz CT molecular complexity index is 763. The summed E-state index contributed by atoms with van der Waals surface area (Å²) in [6.45, 7) is 1.04. The lowest BCUT2D eigenvalue weighted by Gasteiger charge is -2.16. The molecule has 0 bridgehead atoms. The van der Waals surface area contributed by atoms with Crippen molar-refractivity contribution in [2.24, 2.45) is 0 Å². The van der Waals surface area contributed by atoms with Gasteiger partial charge in [0.2, 0.25) is 10.0 Å². The Morgan fingerprint density at radius 3 is 2.52 bits per heavy atom. The Kier molecular flexibility index (Phi) is 3.69. The number of aromatic hydroxyl groups is 1. The average Bonchev–Trinajstić information content (AvgIpc) is 3.10. The molecule has 1 aliphatic heterocycles. The summed E-state index contributed by atoms with van der Waals surface area (Å²) in [5.74, 6) is 0.380. The molecule has 2 aromatic rings. The maximum Gasteiger partial charge on any atom is 0.244 e. The predicted molar refractivity (Wildman–Crippen MR) is 78.8 cm³/mol. The minimum atomic E-state index is -3.60. The third kappa shape index (κ3) is 2.66. The van der Waals surface area contributed by atoms with Crippen molar-refractivity contribution in [2.75, 3.05) is 13.1 Å². The summed E-state index contributed by atoms with van der Waals surface area (Å²) in [6.07, 6.45) is 2.92. The SMILES string of the molecule is O=S(=O)(c1cc(-c2cc(O)co2)ccc1Cl)N1CCCC1. The van der Waals surface area contributed by atoms with Crippen molar-refractivity contribution < 1.29 is 17.9 Å². The lowest BCUT2D eigenvalue weighted by molar-refractivity contribution is 0.459. The van der Waals surface area contributed by atoms with E-state index in [9.17, 15) is 13.5 Å². The van der Waals surface area contributed by atoms with E-state index in [4.69, 9.17) is 16.0 Å². The van der Waals surface area contributed by atoms with E-state index in [1.165, 1.54) is 28.8 Å². The van der Waals surface area contributed by atoms with Gasteiger partial charge in [-0.15, -0.1) is 0 Å². The highest BCUT2D eigenvalue weighted by Crippen LogP contribution is 2.33. The molecule has 0 aliphatic carbocycles. The highest BCUT2D eigenvalue weighted by atomic mass is 35.5. The first-order valence-electron chi connectivity index (χ1n) is 6.56. The zero-order valence-corrected chi connectivity index (χ0v) is 12.7. The number of nitrogens with zero attached hydrogens (tertiary/aromatic N) is 1. The van der Waals surface area contributed by atoms with Gasteiger partial charge in [0.1, 0.15) is 16.9 Å². The molecule has 1 saturated heterocycles. The smallest absolute Gasteiger partial charge is 0.244 e. The van der Waals surface area contributed by atoms with E-state index in [-0.39, 0.29) is 15.7 Å². The van der Waals surface area contributed by atoms with Crippen molar-refractivity contribution in [3.8, 4) is 17.1 Å². The molecule has 7 heteroatoms. The molecule has 0 amide bonds. The van der Waals surface area contributed by atoms with Crippen LogP contribution in [0.5, 0.6) is 5.75 Å². The fraction of sp³-hybridized carbons (Fsp3) is 0.286. The number of hydrogen-bond donors (Lipinski definition) is 1. The summed E-state index contributed by atoms with van der Waals surface area (Å²) < 4.78 is 31.8. The summed E-state index contributed by atoms with van der Waals surface area (Å²) in [5, 5.41) is 9.51. The number of benzene rings is 1. The van der Waals surface area contributed by atoms with Crippen molar-refractivity contribution in [2.45, 2.75) is 17.7 Å². The predicted octanol–water partition coefficient (Wildman–Crippen LogP) is 3.09. The van der Waals surface area contributed by atoms with Gasteiger partial charge in [0.15, 0.2) is 5.75 Å². The van der Waals surface area contributed by atoms with E-state index >= 15 is 0 Å². The van der Waals surface area contributed by atoms with Gasteiger partial charge in [-0.25, -0.2) is 8.42 Å². The molecule has 0 radical (unpaired) electrons. The van der Waals surface area contributed by atoms with E-state index in [0.717, 1.165) is 12.8 Å². The summed E-state index contributed by atoms with van der Waals surface area (Å²) in [5.41, 5.74) is 0.553. The standard InChI is InChI=1S/C14H14ClNO4S/c15-12-4-3-10(13-8-11(17)9-20-13)7-14(12)21(18,19)16-5-1-2-6-16/h3-4,7-9,17H,1-2,5-6H2. The molecule has 0 saturated carbocycles. The van der Waals surface area contributed by atoms with Crippen LogP contribution >= 0.6 is 11.6 Å². The van der Waals surface area contributed by atoms with Crippen LogP contribution in [0.25, 0.3) is 11.3 Å². The fourth-order valence-corrected chi connectivity index (χ4v) is 4.42. The molecular weight excluding hydrogens is 314 g/mol. The molecule has 2 heterocycles. The maximum absolute atomic E-state index is 12.6. The lowest BCUT2D eigenvalue weighted by atomic mass is 10.2. The Labute approximate surface area is 127 Å². The lowest BCUT2D eigenvalue weighted by Crippen LogP contribution is -2.28. The quantitative estimate of drug-likeness (QED) is 0.940. The van der Waals surface area contributed by atoms with Crippen molar-refractivity contribution in [1.29, 1.82) is 0 Å². The Morgan fingerprint density at radius 2 is 1.90 bits per heavy atom. The van der Waals surface area contributed by atoms with Gasteiger partial charge in [-0.2, -0.15) is 4.31 Å². The molecule has 21 heavy (non-hydrogen) atoms. The molecule has 1 aromatic heterocycles. The van der Waals surface area contributed by atoms with Gasteiger partial charge in [0, 0.05) is 24.7 Å². The van der Waals surface area contributed by atoms with Gasteiger partial charge < -0.3 is 9.52 Å². The fourth-order valence-electron chi connectivity index (χ4n) is 2.40. The first-order valence-corrected chi connectivity index (χ1v) is 8.38. The number of sulfonamides is 1. The minimum Gasteiger partial charge on any atom is -0.505 e. The Balaban J connectivity index is 2.06. The van der Waals surface area contributed by atoms with E-state index in [2.05, 4.69) is 0 Å². The van der Waals surface area contributed by atoms with Crippen LogP contribution in [-0.2, 0) is 10.0 Å². The normalized spacial score (nSPS) is 16.4. The van der Waals surface area contributed by atoms with Crippen LogP contribution in [0.1, 0.15) is 12.8 Å². The van der Waals surface area contributed by atoms with Gasteiger partial charge in [0.25, 0.3) is 0 Å². The van der Waals surface area contributed by atoms with Crippen LogP contribution < -0.4 is 0 Å². The summed E-state index contributed by atoms with van der Waals surface area (Å²) in [7, 11) is -3.60. The van der Waals surface area contributed by atoms with E-state index in [1.807, 2.05) is 0 Å². The van der Waals surface area contributed by atoms with Crippen LogP contribution in [0.3, 0.4) is 0 Å². The second-order valence-electron chi connectivity index (χ2n) is 4.93. The van der Waals surface area contributed by atoms with Crippen LogP contribution in [0, 0.1) is 0 Å². The average molecular weight is 328 g/mol. The van der Waals surface area contributed by atoms with Crippen molar-refractivity contribution in [1.82, 2.24) is 4.31 Å². The number of hydrogen-bond acceptors (Lipinski definition) is 4. The summed E-state index contributed by atoms with van der Waals surface area (Å²) in [6, 6.07) is 6.09. The number of furan rings is 1. The van der Waals surface area contributed by atoms with Crippen LogP contribution in [0.15, 0.2) is 39.8 Å². The van der Waals surface area contributed by atoms with Crippen LogP contribution in [0.2, 0.25) is 5.02 Å². The Morgan fingerprint density at radius 1 is 1.19 bits per heavy atom. The van der Waals surface area contributed by atoms with Crippen molar-refractivity contribution in [3.63, 3.8) is 0 Å². The molecule has 1 fully saturated rings. The van der Waals surface area contributed by atoms with E-state index in [0.29, 0.717) is 24.4 Å². The third-order valence-corrected chi connectivity index (χ3v) is 5.86. The van der Waals surface area contributed by atoms with E-state index in [1.54, 1.807) is 6.07 Å². The molecular formula is C14H14ClNO4S.